The Bertz CT molecular complexity index is 954. The topological polar surface area (TPSA) is 85.3 Å². The Balaban J connectivity index is 1.53. The molecule has 0 radical (unpaired) electrons. The van der Waals surface area contributed by atoms with Crippen molar-refractivity contribution in [2.45, 2.75) is 50.7 Å². The zero-order chi connectivity index (χ0) is 21.5. The SMILES string of the molecule is CC(C)(C)OC(=O)N1c2ccccc2[C@]2(O)C[C@@H](COC(=O)c3ccccc3)OC12. The lowest BCUT2D eigenvalue weighted by Gasteiger charge is -2.29. The number of anilines is 1. The molecule has 0 bridgehead atoms. The van der Waals surface area contributed by atoms with Crippen LogP contribution >= 0.6 is 0 Å². The number of fused-ring (bicyclic) bond motifs is 3. The van der Waals surface area contributed by atoms with Crippen LogP contribution in [0.2, 0.25) is 0 Å². The van der Waals surface area contributed by atoms with E-state index in [0.29, 0.717) is 16.8 Å². The molecule has 7 heteroatoms. The molecule has 3 atom stereocenters. The summed E-state index contributed by atoms with van der Waals surface area (Å²) >= 11 is 0. The highest BCUT2D eigenvalue weighted by atomic mass is 16.6. The summed E-state index contributed by atoms with van der Waals surface area (Å²) in [5.41, 5.74) is -0.514. The molecule has 0 spiro atoms. The first-order valence-electron chi connectivity index (χ1n) is 9.91. The number of hydrogen-bond acceptors (Lipinski definition) is 6. The lowest BCUT2D eigenvalue weighted by atomic mass is 9.91. The fourth-order valence-corrected chi connectivity index (χ4v) is 3.91. The number of ether oxygens (including phenoxy) is 3. The van der Waals surface area contributed by atoms with Crippen molar-refractivity contribution in [3.63, 3.8) is 0 Å². The maximum absolute atomic E-state index is 12.9. The Morgan fingerprint density at radius 3 is 2.50 bits per heavy atom. The van der Waals surface area contributed by atoms with Crippen LogP contribution in [0.5, 0.6) is 0 Å². The van der Waals surface area contributed by atoms with Crippen LogP contribution in [-0.2, 0) is 19.8 Å². The minimum Gasteiger partial charge on any atom is -0.459 e. The van der Waals surface area contributed by atoms with E-state index in [1.165, 1.54) is 4.90 Å². The molecule has 30 heavy (non-hydrogen) atoms. The largest absolute Gasteiger partial charge is 0.459 e. The van der Waals surface area contributed by atoms with Gasteiger partial charge in [0.05, 0.1) is 17.4 Å². The fourth-order valence-electron chi connectivity index (χ4n) is 3.91. The van der Waals surface area contributed by atoms with Crippen molar-refractivity contribution < 1.29 is 28.9 Å². The van der Waals surface area contributed by atoms with Crippen LogP contribution in [0.3, 0.4) is 0 Å². The predicted octanol–water partition coefficient (Wildman–Crippen LogP) is 3.60. The van der Waals surface area contributed by atoms with Gasteiger partial charge in [-0.3, -0.25) is 0 Å². The quantitative estimate of drug-likeness (QED) is 0.777. The number of esters is 1. The maximum atomic E-state index is 12.9. The number of benzene rings is 2. The first-order chi connectivity index (χ1) is 14.2. The molecule has 1 fully saturated rings. The van der Waals surface area contributed by atoms with Crippen LogP contribution < -0.4 is 4.90 Å². The summed E-state index contributed by atoms with van der Waals surface area (Å²) in [6.45, 7) is 5.30. The molecular weight excluding hydrogens is 386 g/mol. The minimum atomic E-state index is -1.41. The number of aliphatic hydroxyl groups is 1. The van der Waals surface area contributed by atoms with Gasteiger partial charge >= 0.3 is 12.1 Å². The van der Waals surface area contributed by atoms with E-state index in [1.807, 2.05) is 6.07 Å². The molecular formula is C23H25NO6. The van der Waals surface area contributed by atoms with Gasteiger partial charge < -0.3 is 19.3 Å². The van der Waals surface area contributed by atoms with Crippen LogP contribution in [-0.4, -0.2) is 41.7 Å². The molecule has 7 nitrogen and oxygen atoms in total. The van der Waals surface area contributed by atoms with E-state index in [4.69, 9.17) is 14.2 Å². The predicted molar refractivity (Wildman–Crippen MR) is 109 cm³/mol. The fraction of sp³-hybridized carbons (Fsp3) is 0.391. The molecule has 2 aliphatic heterocycles. The highest BCUT2D eigenvalue weighted by Crippen LogP contribution is 2.51. The van der Waals surface area contributed by atoms with Gasteiger partial charge in [-0.15, -0.1) is 0 Å². The zero-order valence-electron chi connectivity index (χ0n) is 17.2. The number of para-hydroxylation sites is 1. The molecule has 4 rings (SSSR count). The summed E-state index contributed by atoms with van der Waals surface area (Å²) < 4.78 is 16.9. The van der Waals surface area contributed by atoms with Gasteiger partial charge in [-0.1, -0.05) is 36.4 Å². The molecule has 0 aromatic heterocycles. The number of carbonyl (C=O) groups excluding carboxylic acids is 2. The van der Waals surface area contributed by atoms with Gasteiger partial charge in [0.2, 0.25) is 0 Å². The van der Waals surface area contributed by atoms with Gasteiger partial charge in [0.25, 0.3) is 0 Å². The molecule has 2 heterocycles. The number of amides is 1. The van der Waals surface area contributed by atoms with Crippen LogP contribution in [0.15, 0.2) is 54.6 Å². The molecule has 158 valence electrons. The summed E-state index contributed by atoms with van der Waals surface area (Å²) in [6.07, 6.45) is -1.93. The Kier molecular flexibility index (Phi) is 5.03. The number of nitrogens with zero attached hydrogens (tertiary/aromatic N) is 1. The van der Waals surface area contributed by atoms with Gasteiger partial charge in [0, 0.05) is 12.0 Å². The number of rotatable bonds is 3. The number of carbonyl (C=O) groups is 2. The van der Waals surface area contributed by atoms with E-state index in [1.54, 1.807) is 69.3 Å². The van der Waals surface area contributed by atoms with Crippen molar-refractivity contribution in [3.8, 4) is 0 Å². The lowest BCUT2D eigenvalue weighted by molar-refractivity contribution is -0.0526. The Morgan fingerprint density at radius 2 is 1.80 bits per heavy atom. The van der Waals surface area contributed by atoms with Gasteiger partial charge in [-0.2, -0.15) is 0 Å². The van der Waals surface area contributed by atoms with Gasteiger partial charge in [0.15, 0.2) is 6.23 Å². The molecule has 1 saturated heterocycles. The summed E-state index contributed by atoms with van der Waals surface area (Å²) in [7, 11) is 0. The zero-order valence-corrected chi connectivity index (χ0v) is 17.2. The molecule has 0 aliphatic carbocycles. The Morgan fingerprint density at radius 1 is 1.13 bits per heavy atom. The lowest BCUT2D eigenvalue weighted by Crippen LogP contribution is -2.47. The van der Waals surface area contributed by atoms with Crippen LogP contribution in [0.25, 0.3) is 0 Å². The average Bonchev–Trinajstić information content (AvgIpc) is 3.14. The average molecular weight is 411 g/mol. The van der Waals surface area contributed by atoms with E-state index in [-0.39, 0.29) is 13.0 Å². The van der Waals surface area contributed by atoms with E-state index < -0.39 is 35.6 Å². The minimum absolute atomic E-state index is 0.0309. The van der Waals surface area contributed by atoms with E-state index in [0.717, 1.165) is 0 Å². The van der Waals surface area contributed by atoms with Gasteiger partial charge in [-0.25, -0.2) is 14.5 Å². The normalized spacial score (nSPS) is 24.9. The molecule has 1 N–H and O–H groups in total. The van der Waals surface area contributed by atoms with Crippen LogP contribution in [0, 0.1) is 0 Å². The smallest absolute Gasteiger partial charge is 0.417 e. The van der Waals surface area contributed by atoms with Crippen molar-refractivity contribution in [3.05, 3.63) is 65.7 Å². The van der Waals surface area contributed by atoms with Gasteiger partial charge in [0.1, 0.15) is 17.8 Å². The standard InChI is InChI=1S/C23H25NO6/c1-22(2,3)30-21(26)24-18-12-8-7-11-17(18)23(27)13-16(29-20(23)24)14-28-19(25)15-9-5-4-6-10-15/h4-12,16,20,27H,13-14H2,1-3H3/t16-,20?,23+/m0/s1. The Labute approximate surface area is 175 Å². The van der Waals surface area contributed by atoms with E-state index >= 15 is 0 Å². The third-order valence-electron chi connectivity index (χ3n) is 5.13. The summed E-state index contributed by atoms with van der Waals surface area (Å²) in [5, 5.41) is 11.4. The second kappa shape index (κ2) is 7.41. The molecule has 2 aromatic rings. The third-order valence-corrected chi connectivity index (χ3v) is 5.13. The third kappa shape index (κ3) is 3.66. The van der Waals surface area contributed by atoms with Crippen LogP contribution in [0.4, 0.5) is 10.5 Å². The monoisotopic (exact) mass is 411 g/mol. The molecule has 0 saturated carbocycles. The van der Waals surface area contributed by atoms with Crippen molar-refractivity contribution in [2.75, 3.05) is 11.5 Å². The Hall–Kier alpha value is -2.90. The van der Waals surface area contributed by atoms with Crippen molar-refractivity contribution in [2.24, 2.45) is 0 Å². The second-order valence-corrected chi connectivity index (χ2v) is 8.57. The molecule has 1 amide bonds. The summed E-state index contributed by atoms with van der Waals surface area (Å²) in [6, 6.07) is 15.8. The molecule has 2 aromatic carbocycles. The van der Waals surface area contributed by atoms with Crippen molar-refractivity contribution >= 4 is 17.7 Å². The van der Waals surface area contributed by atoms with E-state index in [9.17, 15) is 14.7 Å². The first kappa shape index (κ1) is 20.4. The maximum Gasteiger partial charge on any atom is 0.417 e. The summed E-state index contributed by atoms with van der Waals surface area (Å²) in [4.78, 5) is 26.5. The van der Waals surface area contributed by atoms with Crippen molar-refractivity contribution in [1.82, 2.24) is 0 Å². The molecule has 1 unspecified atom stereocenters. The van der Waals surface area contributed by atoms with Crippen molar-refractivity contribution in [1.29, 1.82) is 0 Å². The number of hydrogen-bond donors (Lipinski definition) is 1. The highest BCUT2D eigenvalue weighted by molar-refractivity contribution is 5.92. The summed E-state index contributed by atoms with van der Waals surface area (Å²) in [5.74, 6) is -0.465. The molecule has 2 aliphatic rings. The highest BCUT2D eigenvalue weighted by Gasteiger charge is 2.59. The second-order valence-electron chi connectivity index (χ2n) is 8.57. The first-order valence-corrected chi connectivity index (χ1v) is 9.91. The van der Waals surface area contributed by atoms with Gasteiger partial charge in [-0.05, 0) is 39.0 Å². The van der Waals surface area contributed by atoms with E-state index in [2.05, 4.69) is 0 Å². The van der Waals surface area contributed by atoms with Crippen LogP contribution in [0.1, 0.15) is 43.1 Å².